The second-order valence-electron chi connectivity index (χ2n) is 4.46. The molecule has 0 aromatic carbocycles. The summed E-state index contributed by atoms with van der Waals surface area (Å²) < 4.78 is 1.95. The molecule has 0 saturated heterocycles. The molecule has 1 heterocycles. The Kier molecular flexibility index (Phi) is 4.96. The van der Waals surface area contributed by atoms with Gasteiger partial charge >= 0.3 is 0 Å². The van der Waals surface area contributed by atoms with Gasteiger partial charge in [-0.3, -0.25) is 4.68 Å². The van der Waals surface area contributed by atoms with E-state index in [-0.39, 0.29) is 0 Å². The van der Waals surface area contributed by atoms with Crippen molar-refractivity contribution in [3.63, 3.8) is 0 Å². The summed E-state index contributed by atoms with van der Waals surface area (Å²) >= 11 is 0. The third-order valence-electron chi connectivity index (χ3n) is 3.13. The van der Waals surface area contributed by atoms with Crippen LogP contribution in [0, 0.1) is 13.8 Å². The highest BCUT2D eigenvalue weighted by Gasteiger charge is 2.09. The smallest absolute Gasteiger partial charge is 0.0628 e. The van der Waals surface area contributed by atoms with Gasteiger partial charge in [0, 0.05) is 18.8 Å². The lowest BCUT2D eigenvalue weighted by Crippen LogP contribution is -2.30. The summed E-state index contributed by atoms with van der Waals surface area (Å²) in [6, 6.07) is 0.502. The maximum absolute atomic E-state index is 5.51. The second kappa shape index (κ2) is 6.01. The van der Waals surface area contributed by atoms with Crippen LogP contribution >= 0.6 is 0 Å². The molecular formula is C12H24N4. The molecule has 1 unspecified atom stereocenters. The first-order valence-corrected chi connectivity index (χ1v) is 5.98. The van der Waals surface area contributed by atoms with E-state index in [1.54, 1.807) is 0 Å². The monoisotopic (exact) mass is 224 g/mol. The standard InChI is InChI=1S/C12H24N4/c1-9(5-7-13)14-8-6-12-10(2)15-16(4)11(12)3/h9,14H,5-8,13H2,1-4H3. The van der Waals surface area contributed by atoms with E-state index in [1.807, 2.05) is 11.7 Å². The van der Waals surface area contributed by atoms with Crippen LogP contribution in [0.5, 0.6) is 0 Å². The molecule has 0 aliphatic heterocycles. The number of nitrogens with one attached hydrogen (secondary N) is 1. The van der Waals surface area contributed by atoms with E-state index < -0.39 is 0 Å². The molecule has 0 saturated carbocycles. The SMILES string of the molecule is Cc1nn(C)c(C)c1CCNC(C)CCN. The Morgan fingerprint density at radius 2 is 2.12 bits per heavy atom. The van der Waals surface area contributed by atoms with Crippen molar-refractivity contribution in [2.75, 3.05) is 13.1 Å². The number of rotatable bonds is 6. The van der Waals surface area contributed by atoms with Gasteiger partial charge in [0.15, 0.2) is 0 Å². The van der Waals surface area contributed by atoms with Crippen LogP contribution in [0.25, 0.3) is 0 Å². The van der Waals surface area contributed by atoms with Gasteiger partial charge in [0.05, 0.1) is 5.69 Å². The van der Waals surface area contributed by atoms with Crippen molar-refractivity contribution in [3.8, 4) is 0 Å². The van der Waals surface area contributed by atoms with Gasteiger partial charge in [-0.2, -0.15) is 5.10 Å². The minimum atomic E-state index is 0.502. The van der Waals surface area contributed by atoms with Crippen LogP contribution in [-0.2, 0) is 13.5 Å². The summed E-state index contributed by atoms with van der Waals surface area (Å²) in [5.41, 5.74) is 9.30. The lowest BCUT2D eigenvalue weighted by molar-refractivity contribution is 0.522. The summed E-state index contributed by atoms with van der Waals surface area (Å²) in [5.74, 6) is 0. The van der Waals surface area contributed by atoms with Gasteiger partial charge in [-0.05, 0) is 52.3 Å². The first-order valence-electron chi connectivity index (χ1n) is 5.98. The van der Waals surface area contributed by atoms with E-state index in [9.17, 15) is 0 Å². The Balaban J connectivity index is 2.43. The zero-order valence-corrected chi connectivity index (χ0v) is 10.9. The molecule has 0 bridgehead atoms. The molecule has 0 aliphatic carbocycles. The average Bonchev–Trinajstić information content (AvgIpc) is 2.45. The first-order chi connectivity index (χ1) is 7.56. The Labute approximate surface area is 98.2 Å². The number of hydrogen-bond acceptors (Lipinski definition) is 3. The van der Waals surface area contributed by atoms with E-state index in [1.165, 1.54) is 11.3 Å². The molecule has 1 atom stereocenters. The van der Waals surface area contributed by atoms with E-state index in [2.05, 4.69) is 31.2 Å². The molecule has 1 aromatic rings. The lowest BCUT2D eigenvalue weighted by atomic mass is 10.1. The number of aryl methyl sites for hydroxylation is 2. The van der Waals surface area contributed by atoms with Crippen LogP contribution in [0.4, 0.5) is 0 Å². The maximum Gasteiger partial charge on any atom is 0.0628 e. The predicted octanol–water partition coefficient (Wildman–Crippen LogP) is 0.906. The molecule has 16 heavy (non-hydrogen) atoms. The lowest BCUT2D eigenvalue weighted by Gasteiger charge is -2.12. The van der Waals surface area contributed by atoms with Crippen molar-refractivity contribution < 1.29 is 0 Å². The van der Waals surface area contributed by atoms with Crippen molar-refractivity contribution in [1.29, 1.82) is 0 Å². The highest BCUT2D eigenvalue weighted by atomic mass is 15.3. The summed E-state index contributed by atoms with van der Waals surface area (Å²) in [4.78, 5) is 0. The van der Waals surface area contributed by atoms with Crippen molar-refractivity contribution in [2.24, 2.45) is 12.8 Å². The summed E-state index contributed by atoms with van der Waals surface area (Å²) in [6.07, 6.45) is 2.07. The van der Waals surface area contributed by atoms with Crippen molar-refractivity contribution in [3.05, 3.63) is 17.0 Å². The molecule has 4 nitrogen and oxygen atoms in total. The van der Waals surface area contributed by atoms with Gasteiger partial charge < -0.3 is 11.1 Å². The second-order valence-corrected chi connectivity index (χ2v) is 4.46. The van der Waals surface area contributed by atoms with Crippen LogP contribution in [0.15, 0.2) is 0 Å². The van der Waals surface area contributed by atoms with Gasteiger partial charge in [-0.1, -0.05) is 0 Å². The van der Waals surface area contributed by atoms with E-state index in [4.69, 9.17) is 5.73 Å². The number of hydrogen-bond donors (Lipinski definition) is 2. The summed E-state index contributed by atoms with van der Waals surface area (Å²) in [5, 5.41) is 7.89. The fourth-order valence-electron chi connectivity index (χ4n) is 1.97. The molecule has 0 radical (unpaired) electrons. The van der Waals surface area contributed by atoms with Crippen LogP contribution in [0.1, 0.15) is 30.3 Å². The number of nitrogens with zero attached hydrogens (tertiary/aromatic N) is 2. The van der Waals surface area contributed by atoms with Gasteiger partial charge in [0.2, 0.25) is 0 Å². The molecule has 1 aromatic heterocycles. The Morgan fingerprint density at radius 3 is 2.62 bits per heavy atom. The van der Waals surface area contributed by atoms with E-state index in [0.29, 0.717) is 6.04 Å². The zero-order chi connectivity index (χ0) is 12.1. The zero-order valence-electron chi connectivity index (χ0n) is 10.9. The topological polar surface area (TPSA) is 55.9 Å². The third-order valence-corrected chi connectivity index (χ3v) is 3.13. The molecule has 0 aliphatic rings. The van der Waals surface area contributed by atoms with E-state index in [0.717, 1.165) is 31.6 Å². The Morgan fingerprint density at radius 1 is 1.44 bits per heavy atom. The molecule has 0 fully saturated rings. The van der Waals surface area contributed by atoms with Crippen LogP contribution in [0.2, 0.25) is 0 Å². The molecular weight excluding hydrogens is 200 g/mol. The molecule has 0 spiro atoms. The van der Waals surface area contributed by atoms with Crippen molar-refractivity contribution in [1.82, 2.24) is 15.1 Å². The highest BCUT2D eigenvalue weighted by molar-refractivity contribution is 5.24. The fraction of sp³-hybridized carbons (Fsp3) is 0.750. The first kappa shape index (κ1) is 13.2. The number of aromatic nitrogens is 2. The van der Waals surface area contributed by atoms with Crippen molar-refractivity contribution >= 4 is 0 Å². The van der Waals surface area contributed by atoms with Gasteiger partial charge in [-0.25, -0.2) is 0 Å². The van der Waals surface area contributed by atoms with Crippen LogP contribution < -0.4 is 11.1 Å². The minimum Gasteiger partial charge on any atom is -0.330 e. The fourth-order valence-corrected chi connectivity index (χ4v) is 1.97. The quantitative estimate of drug-likeness (QED) is 0.755. The number of nitrogens with two attached hydrogens (primary N) is 1. The van der Waals surface area contributed by atoms with Crippen molar-refractivity contribution in [2.45, 2.75) is 39.7 Å². The predicted molar refractivity (Wildman–Crippen MR) is 67.5 cm³/mol. The largest absolute Gasteiger partial charge is 0.330 e. The summed E-state index contributed by atoms with van der Waals surface area (Å²) in [7, 11) is 2.00. The van der Waals surface area contributed by atoms with Gasteiger partial charge in [0.25, 0.3) is 0 Å². The molecule has 92 valence electrons. The molecule has 1 rings (SSSR count). The minimum absolute atomic E-state index is 0.502. The molecule has 0 amide bonds. The molecule has 3 N–H and O–H groups in total. The normalized spacial score (nSPS) is 13.1. The van der Waals surface area contributed by atoms with Crippen LogP contribution in [-0.4, -0.2) is 28.9 Å². The summed E-state index contributed by atoms with van der Waals surface area (Å²) in [6.45, 7) is 8.12. The Bertz CT molecular complexity index is 330. The highest BCUT2D eigenvalue weighted by Crippen LogP contribution is 2.11. The maximum atomic E-state index is 5.51. The van der Waals surface area contributed by atoms with Gasteiger partial charge in [-0.15, -0.1) is 0 Å². The molecule has 4 heteroatoms. The van der Waals surface area contributed by atoms with E-state index >= 15 is 0 Å². The van der Waals surface area contributed by atoms with Crippen LogP contribution in [0.3, 0.4) is 0 Å². The van der Waals surface area contributed by atoms with Gasteiger partial charge in [0.1, 0.15) is 0 Å². The third kappa shape index (κ3) is 3.32. The average molecular weight is 224 g/mol. The Hall–Kier alpha value is -0.870.